The Morgan fingerprint density at radius 1 is 1.45 bits per heavy atom. The third-order valence-electron chi connectivity index (χ3n) is 1.48. The molecule has 1 fully saturated rings. The molecule has 0 unspecified atom stereocenters. The smallest absolute Gasteiger partial charge is 0.368 e. The lowest BCUT2D eigenvalue weighted by Gasteiger charge is -2.23. The van der Waals surface area contributed by atoms with Gasteiger partial charge in [-0.1, -0.05) is 0 Å². The third kappa shape index (κ3) is 2.18. The van der Waals surface area contributed by atoms with E-state index in [1.807, 2.05) is 0 Å². The maximum absolute atomic E-state index is 11.8. The molecule has 1 atom stereocenters. The highest BCUT2D eigenvalue weighted by Crippen LogP contribution is 2.27. The summed E-state index contributed by atoms with van der Waals surface area (Å²) in [5.74, 6) is -0.376. The molecule has 2 nitrogen and oxygen atoms in total. The van der Waals surface area contributed by atoms with Gasteiger partial charge in [-0.3, -0.25) is 4.79 Å². The van der Waals surface area contributed by atoms with E-state index in [4.69, 9.17) is 0 Å². The van der Waals surface area contributed by atoms with Crippen molar-refractivity contribution in [1.82, 2.24) is 0 Å². The lowest BCUT2D eigenvalue weighted by Crippen LogP contribution is -2.37. The molecule has 64 valence electrons. The first-order valence-electron chi connectivity index (χ1n) is 3.20. The second-order valence-corrected chi connectivity index (χ2v) is 2.39. The molecule has 0 spiro atoms. The number of rotatable bonds is 0. The van der Waals surface area contributed by atoms with Crippen LogP contribution in [0.5, 0.6) is 0 Å². The largest absolute Gasteiger partial charge is 0.415 e. The Kier molecular flexibility index (Phi) is 2.17. The molecule has 0 aromatic heterocycles. The second-order valence-electron chi connectivity index (χ2n) is 2.39. The van der Waals surface area contributed by atoms with Gasteiger partial charge >= 0.3 is 6.18 Å². The maximum Gasteiger partial charge on any atom is 0.415 e. The summed E-state index contributed by atoms with van der Waals surface area (Å²) in [7, 11) is 0. The minimum Gasteiger partial charge on any atom is -0.368 e. The quantitative estimate of drug-likeness (QED) is 0.544. The molecule has 1 saturated heterocycles. The molecule has 0 aromatic rings. The number of carbonyl (C=O) groups is 1. The van der Waals surface area contributed by atoms with Crippen molar-refractivity contribution in [3.63, 3.8) is 0 Å². The van der Waals surface area contributed by atoms with Gasteiger partial charge in [0.15, 0.2) is 6.10 Å². The van der Waals surface area contributed by atoms with Crippen LogP contribution in [-0.2, 0) is 9.53 Å². The molecule has 0 amide bonds. The van der Waals surface area contributed by atoms with Crippen LogP contribution in [-0.4, -0.2) is 24.7 Å². The monoisotopic (exact) mass is 168 g/mol. The van der Waals surface area contributed by atoms with Crippen molar-refractivity contribution in [2.45, 2.75) is 25.1 Å². The van der Waals surface area contributed by atoms with Gasteiger partial charge in [-0.15, -0.1) is 0 Å². The molecule has 0 radical (unpaired) electrons. The molecule has 1 rings (SSSR count). The number of alkyl halides is 3. The van der Waals surface area contributed by atoms with Crippen LogP contribution in [0.4, 0.5) is 13.2 Å². The first-order valence-corrected chi connectivity index (χ1v) is 3.20. The Hall–Kier alpha value is -0.580. The number of hydrogen-bond acceptors (Lipinski definition) is 2. The third-order valence-corrected chi connectivity index (χ3v) is 1.48. The van der Waals surface area contributed by atoms with Crippen LogP contribution in [0, 0.1) is 0 Å². The molecule has 0 saturated carbocycles. The molecule has 0 N–H and O–H groups in total. The molecule has 0 bridgehead atoms. The molecule has 11 heavy (non-hydrogen) atoms. The van der Waals surface area contributed by atoms with Gasteiger partial charge in [-0.2, -0.15) is 13.2 Å². The van der Waals surface area contributed by atoms with Gasteiger partial charge in [0.1, 0.15) is 5.78 Å². The Morgan fingerprint density at radius 2 is 2.09 bits per heavy atom. The van der Waals surface area contributed by atoms with E-state index in [9.17, 15) is 18.0 Å². The summed E-state index contributed by atoms with van der Waals surface area (Å²) in [6.07, 6.45) is -6.68. The number of carbonyl (C=O) groups excluding carboxylic acids is 1. The lowest BCUT2D eigenvalue weighted by atomic mass is 10.1. The maximum atomic E-state index is 11.8. The first-order chi connectivity index (χ1) is 5.00. The lowest BCUT2D eigenvalue weighted by molar-refractivity contribution is -0.227. The van der Waals surface area contributed by atoms with Crippen molar-refractivity contribution in [1.29, 1.82) is 0 Å². The molecule has 1 aliphatic rings. The van der Waals surface area contributed by atoms with Crippen molar-refractivity contribution >= 4 is 5.78 Å². The fourth-order valence-electron chi connectivity index (χ4n) is 0.893. The first kappa shape index (κ1) is 8.52. The standard InChI is InChI=1S/C6H7F3O2/c7-6(8,9)5-3-4(10)1-2-11-5/h5H,1-3H2/t5-/m1/s1. The molecule has 5 heteroatoms. The van der Waals surface area contributed by atoms with E-state index in [0.717, 1.165) is 0 Å². The second kappa shape index (κ2) is 2.81. The van der Waals surface area contributed by atoms with Crippen LogP contribution in [0.15, 0.2) is 0 Å². The number of ether oxygens (including phenoxy) is 1. The topological polar surface area (TPSA) is 26.3 Å². The van der Waals surface area contributed by atoms with Crippen molar-refractivity contribution < 1.29 is 22.7 Å². The van der Waals surface area contributed by atoms with Crippen LogP contribution in [0.3, 0.4) is 0 Å². The average molecular weight is 168 g/mol. The van der Waals surface area contributed by atoms with Crippen molar-refractivity contribution in [2.24, 2.45) is 0 Å². The zero-order chi connectivity index (χ0) is 8.48. The molecule has 0 aliphatic carbocycles. The molecule has 1 aliphatic heterocycles. The zero-order valence-electron chi connectivity index (χ0n) is 5.65. The number of Topliss-reactive ketones (excluding diaryl/α,β-unsaturated/α-hetero) is 1. The van der Waals surface area contributed by atoms with Crippen LogP contribution < -0.4 is 0 Å². The molecular formula is C6H7F3O2. The highest BCUT2D eigenvalue weighted by molar-refractivity contribution is 5.79. The van der Waals surface area contributed by atoms with E-state index in [-0.39, 0.29) is 18.8 Å². The highest BCUT2D eigenvalue weighted by Gasteiger charge is 2.43. The van der Waals surface area contributed by atoms with E-state index in [1.165, 1.54) is 0 Å². The number of hydrogen-bond donors (Lipinski definition) is 0. The summed E-state index contributed by atoms with van der Waals surface area (Å²) in [6, 6.07) is 0. The molecule has 0 aromatic carbocycles. The highest BCUT2D eigenvalue weighted by atomic mass is 19.4. The minimum absolute atomic E-state index is 0.104. The molecule has 1 heterocycles. The Labute approximate surface area is 61.3 Å². The summed E-state index contributed by atoms with van der Waals surface area (Å²) >= 11 is 0. The summed E-state index contributed by atoms with van der Waals surface area (Å²) in [5, 5.41) is 0. The van der Waals surface area contributed by atoms with Gasteiger partial charge in [0, 0.05) is 12.8 Å². The van der Waals surface area contributed by atoms with Gasteiger partial charge in [0.05, 0.1) is 6.61 Å². The van der Waals surface area contributed by atoms with E-state index >= 15 is 0 Å². The predicted octanol–water partition coefficient (Wildman–Crippen LogP) is 1.30. The van der Waals surface area contributed by atoms with Crippen molar-refractivity contribution in [2.75, 3.05) is 6.61 Å². The Balaban J connectivity index is 2.53. The van der Waals surface area contributed by atoms with Crippen LogP contribution in [0.25, 0.3) is 0 Å². The van der Waals surface area contributed by atoms with Crippen LogP contribution in [0.1, 0.15) is 12.8 Å². The summed E-state index contributed by atoms with van der Waals surface area (Å²) in [4.78, 5) is 10.5. The van der Waals surface area contributed by atoms with Crippen LogP contribution >= 0.6 is 0 Å². The molecular weight excluding hydrogens is 161 g/mol. The van der Waals surface area contributed by atoms with Gasteiger partial charge in [0.2, 0.25) is 0 Å². The minimum atomic E-state index is -4.39. The van der Waals surface area contributed by atoms with Crippen molar-refractivity contribution in [3.05, 3.63) is 0 Å². The fraction of sp³-hybridized carbons (Fsp3) is 0.833. The fourth-order valence-corrected chi connectivity index (χ4v) is 0.893. The van der Waals surface area contributed by atoms with E-state index in [0.29, 0.717) is 0 Å². The SMILES string of the molecule is O=C1CCO[C@@H](C(F)(F)F)C1. The Morgan fingerprint density at radius 3 is 2.45 bits per heavy atom. The summed E-state index contributed by atoms with van der Waals surface area (Å²) < 4.78 is 39.9. The predicted molar refractivity (Wildman–Crippen MR) is 30.0 cm³/mol. The van der Waals surface area contributed by atoms with Crippen LogP contribution in [0.2, 0.25) is 0 Å². The van der Waals surface area contributed by atoms with Crippen molar-refractivity contribution in [3.8, 4) is 0 Å². The van der Waals surface area contributed by atoms with Gasteiger partial charge < -0.3 is 4.74 Å². The summed E-state index contributed by atoms with van der Waals surface area (Å²) in [6.45, 7) is -0.108. The van der Waals surface area contributed by atoms with Gasteiger partial charge in [-0.25, -0.2) is 0 Å². The summed E-state index contributed by atoms with van der Waals surface area (Å²) in [5.41, 5.74) is 0. The van der Waals surface area contributed by atoms with Gasteiger partial charge in [0.25, 0.3) is 0 Å². The Bertz CT molecular complexity index is 164. The van der Waals surface area contributed by atoms with Gasteiger partial charge in [-0.05, 0) is 0 Å². The number of ketones is 1. The normalized spacial score (nSPS) is 27.2. The number of halogens is 3. The van der Waals surface area contributed by atoms with E-state index in [2.05, 4.69) is 4.74 Å². The van der Waals surface area contributed by atoms with E-state index < -0.39 is 18.7 Å². The average Bonchev–Trinajstić information content (AvgIpc) is 1.86. The zero-order valence-corrected chi connectivity index (χ0v) is 5.65. The van der Waals surface area contributed by atoms with E-state index in [1.54, 1.807) is 0 Å².